The van der Waals surface area contributed by atoms with E-state index in [-0.39, 0.29) is 18.2 Å². The van der Waals surface area contributed by atoms with Crippen molar-refractivity contribution in [1.29, 1.82) is 0 Å². The van der Waals surface area contributed by atoms with Crippen LogP contribution >= 0.6 is 0 Å². The molecule has 0 saturated heterocycles. The number of anilines is 1. The maximum Gasteiger partial charge on any atom is 0.251 e. The molecule has 1 heterocycles. The Labute approximate surface area is 119 Å². The van der Waals surface area contributed by atoms with Gasteiger partial charge in [0.15, 0.2) is 0 Å². The van der Waals surface area contributed by atoms with E-state index < -0.39 is 0 Å². The Morgan fingerprint density at radius 3 is 2.60 bits per heavy atom. The normalized spacial score (nSPS) is 9.95. The number of amides is 2. The van der Waals surface area contributed by atoms with Gasteiger partial charge in [0.2, 0.25) is 5.91 Å². The molecule has 2 amide bonds. The van der Waals surface area contributed by atoms with Gasteiger partial charge in [-0.1, -0.05) is 13.3 Å². The third-order valence-electron chi connectivity index (χ3n) is 2.82. The van der Waals surface area contributed by atoms with Crippen LogP contribution in [0, 0.1) is 0 Å². The second-order valence-corrected chi connectivity index (χ2v) is 4.41. The third kappa shape index (κ3) is 4.87. The molecular weight excluding hydrogens is 256 g/mol. The fourth-order valence-electron chi connectivity index (χ4n) is 1.75. The zero-order valence-corrected chi connectivity index (χ0v) is 12.2. The lowest BCUT2D eigenvalue weighted by molar-refractivity contribution is -0.120. The summed E-state index contributed by atoms with van der Waals surface area (Å²) in [6.07, 6.45) is 2.07. The maximum atomic E-state index is 12.0. The topological polar surface area (TPSA) is 83.1 Å². The van der Waals surface area contributed by atoms with E-state index in [2.05, 4.69) is 27.9 Å². The van der Waals surface area contributed by atoms with Crippen molar-refractivity contribution >= 4 is 17.6 Å². The zero-order chi connectivity index (χ0) is 15.0. The van der Waals surface area contributed by atoms with Crippen molar-refractivity contribution in [2.75, 3.05) is 26.0 Å². The first-order valence-corrected chi connectivity index (χ1v) is 6.78. The maximum absolute atomic E-state index is 12.0. The Morgan fingerprint density at radius 1 is 1.25 bits per heavy atom. The second kappa shape index (κ2) is 8.14. The number of hydrogen-bond acceptors (Lipinski definition) is 4. The van der Waals surface area contributed by atoms with Gasteiger partial charge >= 0.3 is 0 Å². The molecule has 0 aliphatic rings. The van der Waals surface area contributed by atoms with Gasteiger partial charge in [0.25, 0.3) is 5.91 Å². The fraction of sp³-hybridized carbons (Fsp3) is 0.500. The van der Waals surface area contributed by atoms with E-state index in [1.807, 2.05) is 0 Å². The highest BCUT2D eigenvalue weighted by Crippen LogP contribution is 2.11. The number of rotatable bonds is 7. The molecule has 0 unspecified atom stereocenters. The monoisotopic (exact) mass is 278 g/mol. The number of nitrogens with zero attached hydrogens (tertiary/aromatic N) is 1. The van der Waals surface area contributed by atoms with Gasteiger partial charge in [-0.15, -0.1) is 0 Å². The van der Waals surface area contributed by atoms with Crippen LogP contribution in [-0.2, 0) is 11.2 Å². The number of carbonyl (C=O) groups is 2. The SMILES string of the molecule is CCCc1cc(C(=O)NCCC(=O)NC)cc(NC)n1. The van der Waals surface area contributed by atoms with Crippen molar-refractivity contribution in [3.8, 4) is 0 Å². The molecule has 6 heteroatoms. The molecule has 0 bridgehead atoms. The number of nitrogens with one attached hydrogen (secondary N) is 3. The molecule has 110 valence electrons. The highest BCUT2D eigenvalue weighted by Gasteiger charge is 2.09. The molecule has 0 spiro atoms. The predicted molar refractivity (Wildman–Crippen MR) is 78.8 cm³/mol. The summed E-state index contributed by atoms with van der Waals surface area (Å²) >= 11 is 0. The Bertz CT molecular complexity index is 474. The van der Waals surface area contributed by atoms with Crippen molar-refractivity contribution < 1.29 is 9.59 Å². The van der Waals surface area contributed by atoms with Crippen LogP contribution in [0.15, 0.2) is 12.1 Å². The van der Waals surface area contributed by atoms with Gasteiger partial charge in [0.1, 0.15) is 5.82 Å². The van der Waals surface area contributed by atoms with Crippen molar-refractivity contribution in [1.82, 2.24) is 15.6 Å². The lowest BCUT2D eigenvalue weighted by Crippen LogP contribution is -2.29. The first-order valence-electron chi connectivity index (χ1n) is 6.78. The summed E-state index contributed by atoms with van der Waals surface area (Å²) in [4.78, 5) is 27.5. The van der Waals surface area contributed by atoms with Crippen LogP contribution in [0.1, 0.15) is 35.8 Å². The van der Waals surface area contributed by atoms with Gasteiger partial charge in [0, 0.05) is 38.3 Å². The largest absolute Gasteiger partial charge is 0.373 e. The summed E-state index contributed by atoms with van der Waals surface area (Å²) in [7, 11) is 3.34. The van der Waals surface area contributed by atoms with Gasteiger partial charge in [-0.3, -0.25) is 9.59 Å². The Balaban J connectivity index is 2.71. The summed E-state index contributed by atoms with van der Waals surface area (Å²) < 4.78 is 0. The van der Waals surface area contributed by atoms with Crippen LogP contribution in [0.25, 0.3) is 0 Å². The van der Waals surface area contributed by atoms with Gasteiger partial charge in [-0.2, -0.15) is 0 Å². The average Bonchev–Trinajstić information content (AvgIpc) is 2.46. The minimum absolute atomic E-state index is 0.0948. The highest BCUT2D eigenvalue weighted by molar-refractivity contribution is 5.95. The van der Waals surface area contributed by atoms with Crippen LogP contribution in [0.4, 0.5) is 5.82 Å². The van der Waals surface area contributed by atoms with E-state index in [9.17, 15) is 9.59 Å². The van der Waals surface area contributed by atoms with Crippen molar-refractivity contribution in [3.63, 3.8) is 0 Å². The smallest absolute Gasteiger partial charge is 0.251 e. The molecule has 0 aliphatic heterocycles. The molecule has 6 nitrogen and oxygen atoms in total. The summed E-state index contributed by atoms with van der Waals surface area (Å²) in [5.41, 5.74) is 1.44. The first-order chi connectivity index (χ1) is 9.60. The van der Waals surface area contributed by atoms with Crippen molar-refractivity contribution in [2.24, 2.45) is 0 Å². The number of aryl methyl sites for hydroxylation is 1. The Morgan fingerprint density at radius 2 is 2.00 bits per heavy atom. The minimum Gasteiger partial charge on any atom is -0.373 e. The van der Waals surface area contributed by atoms with E-state index in [0.29, 0.717) is 17.9 Å². The molecule has 1 aromatic rings. The van der Waals surface area contributed by atoms with Gasteiger partial charge in [-0.25, -0.2) is 4.98 Å². The average molecular weight is 278 g/mol. The molecule has 0 aliphatic carbocycles. The molecule has 20 heavy (non-hydrogen) atoms. The minimum atomic E-state index is -0.190. The van der Waals surface area contributed by atoms with Crippen LogP contribution in [0.2, 0.25) is 0 Å². The molecule has 0 saturated carbocycles. The first kappa shape index (κ1) is 15.9. The Hall–Kier alpha value is -2.11. The molecule has 1 aromatic heterocycles. The highest BCUT2D eigenvalue weighted by atomic mass is 16.2. The molecule has 0 fully saturated rings. The van der Waals surface area contributed by atoms with E-state index >= 15 is 0 Å². The van der Waals surface area contributed by atoms with Crippen molar-refractivity contribution in [2.45, 2.75) is 26.2 Å². The molecule has 3 N–H and O–H groups in total. The standard InChI is InChI=1S/C14H22N4O2/c1-4-5-11-8-10(9-12(15-2)18-11)14(20)17-7-6-13(19)16-3/h8-9H,4-7H2,1-3H3,(H,15,18)(H,16,19)(H,17,20). The van der Waals surface area contributed by atoms with E-state index in [1.165, 1.54) is 0 Å². The summed E-state index contributed by atoms with van der Waals surface area (Å²) in [5, 5.41) is 8.19. The molecular formula is C14H22N4O2. The van der Waals surface area contributed by atoms with Gasteiger partial charge in [0.05, 0.1) is 0 Å². The van der Waals surface area contributed by atoms with E-state index in [1.54, 1.807) is 26.2 Å². The summed E-state index contributed by atoms with van der Waals surface area (Å²) in [6, 6.07) is 3.49. The number of carbonyl (C=O) groups excluding carboxylic acids is 2. The van der Waals surface area contributed by atoms with Crippen LogP contribution in [0.5, 0.6) is 0 Å². The van der Waals surface area contributed by atoms with Crippen LogP contribution < -0.4 is 16.0 Å². The molecule has 0 radical (unpaired) electrons. The quantitative estimate of drug-likeness (QED) is 0.693. The van der Waals surface area contributed by atoms with E-state index in [0.717, 1.165) is 18.5 Å². The molecule has 0 aromatic carbocycles. The van der Waals surface area contributed by atoms with Crippen LogP contribution in [-0.4, -0.2) is 37.4 Å². The predicted octanol–water partition coefficient (Wildman–Crippen LogP) is 0.942. The van der Waals surface area contributed by atoms with Crippen LogP contribution in [0.3, 0.4) is 0 Å². The number of aromatic nitrogens is 1. The zero-order valence-electron chi connectivity index (χ0n) is 12.2. The van der Waals surface area contributed by atoms with E-state index in [4.69, 9.17) is 0 Å². The second-order valence-electron chi connectivity index (χ2n) is 4.41. The lowest BCUT2D eigenvalue weighted by Gasteiger charge is -2.09. The third-order valence-corrected chi connectivity index (χ3v) is 2.82. The lowest BCUT2D eigenvalue weighted by atomic mass is 10.1. The molecule has 1 rings (SSSR count). The Kier molecular flexibility index (Phi) is 6.49. The number of pyridine rings is 1. The van der Waals surface area contributed by atoms with Crippen molar-refractivity contribution in [3.05, 3.63) is 23.4 Å². The summed E-state index contributed by atoms with van der Waals surface area (Å²) in [6.45, 7) is 2.38. The fourth-order valence-corrected chi connectivity index (χ4v) is 1.75. The molecule has 0 atom stereocenters. The van der Waals surface area contributed by atoms with Gasteiger partial charge < -0.3 is 16.0 Å². The summed E-state index contributed by atoms with van der Waals surface area (Å²) in [5.74, 6) is 0.389. The number of hydrogen-bond donors (Lipinski definition) is 3. The van der Waals surface area contributed by atoms with Gasteiger partial charge in [-0.05, 0) is 18.6 Å².